The van der Waals surface area contributed by atoms with Crippen molar-refractivity contribution < 1.29 is 14.3 Å². The van der Waals surface area contributed by atoms with Crippen LogP contribution in [-0.4, -0.2) is 49.1 Å². The summed E-state index contributed by atoms with van der Waals surface area (Å²) in [6.45, 7) is 5.11. The average molecular weight is 347 g/mol. The van der Waals surface area contributed by atoms with Gasteiger partial charge in [-0.1, -0.05) is 12.1 Å². The van der Waals surface area contributed by atoms with Gasteiger partial charge in [0.05, 0.1) is 7.11 Å². The highest BCUT2D eigenvalue weighted by Gasteiger charge is 2.27. The lowest BCUT2D eigenvalue weighted by Gasteiger charge is -2.35. The van der Waals surface area contributed by atoms with Crippen LogP contribution in [0.3, 0.4) is 0 Å². The molecule has 0 spiro atoms. The van der Waals surface area contributed by atoms with Gasteiger partial charge in [0.15, 0.2) is 0 Å². The summed E-state index contributed by atoms with van der Waals surface area (Å²) >= 11 is 0. The zero-order chi connectivity index (χ0) is 18.2. The molecule has 0 aliphatic carbocycles. The molecule has 0 bridgehead atoms. The molecule has 6 nitrogen and oxygen atoms in total. The second kappa shape index (κ2) is 9.30. The fourth-order valence-electron chi connectivity index (χ4n) is 3.10. The number of amides is 3. The third-order valence-corrected chi connectivity index (χ3v) is 4.66. The van der Waals surface area contributed by atoms with Crippen LogP contribution in [0.5, 0.6) is 5.75 Å². The maximum atomic E-state index is 12.5. The van der Waals surface area contributed by atoms with Gasteiger partial charge >= 0.3 is 6.03 Å². The Balaban J connectivity index is 1.72. The number of methoxy groups -OCH3 is 1. The van der Waals surface area contributed by atoms with Crippen LogP contribution in [-0.2, 0) is 11.2 Å². The first-order valence-electron chi connectivity index (χ1n) is 8.99. The van der Waals surface area contributed by atoms with E-state index < -0.39 is 6.04 Å². The SMILES string of the molecule is COc1ccc(CCNC(=O)NC(C)C(=O)N2CCCCC2C)cc1. The topological polar surface area (TPSA) is 70.7 Å². The normalized spacial score (nSPS) is 18.4. The summed E-state index contributed by atoms with van der Waals surface area (Å²) < 4.78 is 5.12. The Kier molecular flexibility index (Phi) is 7.10. The molecule has 1 aliphatic heterocycles. The van der Waals surface area contributed by atoms with Crippen molar-refractivity contribution in [2.75, 3.05) is 20.2 Å². The van der Waals surface area contributed by atoms with Crippen molar-refractivity contribution in [1.29, 1.82) is 0 Å². The first-order valence-corrected chi connectivity index (χ1v) is 8.99. The maximum Gasteiger partial charge on any atom is 0.315 e. The van der Waals surface area contributed by atoms with Crippen molar-refractivity contribution >= 4 is 11.9 Å². The molecule has 2 N–H and O–H groups in total. The smallest absolute Gasteiger partial charge is 0.315 e. The minimum Gasteiger partial charge on any atom is -0.497 e. The van der Waals surface area contributed by atoms with E-state index in [4.69, 9.17) is 4.74 Å². The van der Waals surface area contributed by atoms with Crippen molar-refractivity contribution in [3.05, 3.63) is 29.8 Å². The van der Waals surface area contributed by atoms with E-state index >= 15 is 0 Å². The summed E-state index contributed by atoms with van der Waals surface area (Å²) in [6, 6.07) is 7.18. The minimum absolute atomic E-state index is 0.00231. The molecule has 2 unspecified atom stereocenters. The molecule has 1 aliphatic rings. The lowest BCUT2D eigenvalue weighted by Crippen LogP contribution is -2.53. The third kappa shape index (κ3) is 5.66. The van der Waals surface area contributed by atoms with Crippen LogP contribution in [0, 0.1) is 0 Å². The zero-order valence-corrected chi connectivity index (χ0v) is 15.4. The summed E-state index contributed by atoms with van der Waals surface area (Å²) in [5.41, 5.74) is 1.12. The van der Waals surface area contributed by atoms with Crippen LogP contribution < -0.4 is 15.4 Å². The molecular weight excluding hydrogens is 318 g/mol. The van der Waals surface area contributed by atoms with Crippen molar-refractivity contribution in [3.63, 3.8) is 0 Å². The van der Waals surface area contributed by atoms with Gasteiger partial charge in [0.25, 0.3) is 0 Å². The highest BCUT2D eigenvalue weighted by Crippen LogP contribution is 2.17. The van der Waals surface area contributed by atoms with Gasteiger partial charge in [-0.05, 0) is 57.2 Å². The van der Waals surface area contributed by atoms with Crippen LogP contribution in [0.15, 0.2) is 24.3 Å². The Bertz CT molecular complexity index is 574. The predicted octanol–water partition coefficient (Wildman–Crippen LogP) is 2.33. The van der Waals surface area contributed by atoms with Gasteiger partial charge in [-0.25, -0.2) is 4.79 Å². The van der Waals surface area contributed by atoms with E-state index in [2.05, 4.69) is 17.6 Å². The molecule has 1 aromatic carbocycles. The average Bonchev–Trinajstić information content (AvgIpc) is 2.62. The number of carbonyl (C=O) groups excluding carboxylic acids is 2. The van der Waals surface area contributed by atoms with Gasteiger partial charge in [0.1, 0.15) is 11.8 Å². The number of urea groups is 1. The Hall–Kier alpha value is -2.24. The second-order valence-corrected chi connectivity index (χ2v) is 6.60. The quantitative estimate of drug-likeness (QED) is 0.830. The van der Waals surface area contributed by atoms with Crippen LogP contribution in [0.4, 0.5) is 4.79 Å². The Morgan fingerprint density at radius 3 is 2.64 bits per heavy atom. The molecule has 1 saturated heterocycles. The molecule has 1 heterocycles. The first-order chi connectivity index (χ1) is 12.0. The summed E-state index contributed by atoms with van der Waals surface area (Å²) in [6.07, 6.45) is 3.96. The number of ether oxygens (including phenoxy) is 1. The lowest BCUT2D eigenvalue weighted by atomic mass is 10.0. The van der Waals surface area contributed by atoms with E-state index in [1.54, 1.807) is 14.0 Å². The summed E-state index contributed by atoms with van der Waals surface area (Å²) in [4.78, 5) is 26.4. The van der Waals surface area contributed by atoms with Crippen LogP contribution >= 0.6 is 0 Å². The van der Waals surface area contributed by atoms with Gasteiger partial charge < -0.3 is 20.3 Å². The number of nitrogens with zero attached hydrogens (tertiary/aromatic N) is 1. The van der Waals surface area contributed by atoms with Crippen molar-refractivity contribution in [1.82, 2.24) is 15.5 Å². The first kappa shape index (κ1) is 19.1. The maximum absolute atomic E-state index is 12.5. The van der Waals surface area contributed by atoms with Gasteiger partial charge in [0.2, 0.25) is 5.91 Å². The molecule has 2 atom stereocenters. The van der Waals surface area contributed by atoms with Crippen molar-refractivity contribution in [2.45, 2.75) is 51.6 Å². The Morgan fingerprint density at radius 2 is 2.00 bits per heavy atom. The molecule has 25 heavy (non-hydrogen) atoms. The van der Waals surface area contributed by atoms with Gasteiger partial charge in [0, 0.05) is 19.1 Å². The fraction of sp³-hybridized carbons (Fsp3) is 0.579. The molecule has 2 rings (SSSR count). The molecule has 1 aromatic rings. The summed E-state index contributed by atoms with van der Waals surface area (Å²) in [5.74, 6) is 0.811. The molecule has 0 aromatic heterocycles. The number of carbonyl (C=O) groups is 2. The van der Waals surface area contributed by atoms with E-state index in [0.717, 1.165) is 37.1 Å². The largest absolute Gasteiger partial charge is 0.497 e. The van der Waals surface area contributed by atoms with E-state index in [1.165, 1.54) is 6.42 Å². The molecule has 0 radical (unpaired) electrons. The zero-order valence-electron chi connectivity index (χ0n) is 15.4. The standard InChI is InChI=1S/C19H29N3O3/c1-14-6-4-5-13-22(14)18(23)15(2)21-19(24)20-12-11-16-7-9-17(25-3)10-8-16/h7-10,14-15H,4-6,11-13H2,1-3H3,(H2,20,21,24). The van der Waals surface area contributed by atoms with E-state index in [-0.39, 0.29) is 18.0 Å². The Morgan fingerprint density at radius 1 is 1.28 bits per heavy atom. The molecule has 0 saturated carbocycles. The van der Waals surface area contributed by atoms with Crippen molar-refractivity contribution in [2.24, 2.45) is 0 Å². The minimum atomic E-state index is -0.512. The molecule has 1 fully saturated rings. The monoisotopic (exact) mass is 347 g/mol. The highest BCUT2D eigenvalue weighted by molar-refractivity contribution is 5.87. The van der Waals surface area contributed by atoms with E-state index in [1.807, 2.05) is 29.2 Å². The molecule has 6 heteroatoms. The lowest BCUT2D eigenvalue weighted by molar-refractivity contribution is -0.136. The molecular formula is C19H29N3O3. The Labute approximate surface area is 149 Å². The van der Waals surface area contributed by atoms with Crippen LogP contribution in [0.1, 0.15) is 38.7 Å². The molecule has 3 amide bonds. The highest BCUT2D eigenvalue weighted by atomic mass is 16.5. The number of piperidine rings is 1. The molecule has 138 valence electrons. The van der Waals surface area contributed by atoms with Crippen LogP contribution in [0.25, 0.3) is 0 Å². The van der Waals surface area contributed by atoms with E-state index in [9.17, 15) is 9.59 Å². The van der Waals surface area contributed by atoms with Crippen molar-refractivity contribution in [3.8, 4) is 5.75 Å². The van der Waals surface area contributed by atoms with Gasteiger partial charge in [-0.2, -0.15) is 0 Å². The summed E-state index contributed by atoms with van der Waals surface area (Å²) in [5, 5.41) is 5.55. The number of hydrogen-bond acceptors (Lipinski definition) is 3. The predicted molar refractivity (Wildman–Crippen MR) is 97.7 cm³/mol. The fourth-order valence-corrected chi connectivity index (χ4v) is 3.10. The number of benzene rings is 1. The van der Waals surface area contributed by atoms with Gasteiger partial charge in [-0.3, -0.25) is 4.79 Å². The van der Waals surface area contributed by atoms with E-state index in [0.29, 0.717) is 6.54 Å². The van der Waals surface area contributed by atoms with Crippen LogP contribution in [0.2, 0.25) is 0 Å². The number of hydrogen-bond donors (Lipinski definition) is 2. The second-order valence-electron chi connectivity index (χ2n) is 6.60. The number of nitrogens with one attached hydrogen (secondary N) is 2. The van der Waals surface area contributed by atoms with Gasteiger partial charge in [-0.15, -0.1) is 0 Å². The number of likely N-dealkylation sites (tertiary alicyclic amines) is 1. The third-order valence-electron chi connectivity index (χ3n) is 4.66. The summed E-state index contributed by atoms with van der Waals surface area (Å²) in [7, 11) is 1.63. The number of rotatable bonds is 6.